The lowest BCUT2D eigenvalue weighted by molar-refractivity contribution is 0.145. The summed E-state index contributed by atoms with van der Waals surface area (Å²) in [5.41, 5.74) is 0.452. The Bertz CT molecular complexity index is 367. The summed E-state index contributed by atoms with van der Waals surface area (Å²) >= 11 is 0. The number of hydrogen-bond acceptors (Lipinski definition) is 2. The Kier molecular flexibility index (Phi) is 3.57. The van der Waals surface area contributed by atoms with Crippen molar-refractivity contribution in [3.63, 3.8) is 0 Å². The Balaban J connectivity index is 2.26. The minimum Gasteiger partial charge on any atom is -0.330 e. The maximum atomic E-state index is 4.46. The van der Waals surface area contributed by atoms with Crippen LogP contribution in [-0.4, -0.2) is 22.6 Å². The minimum absolute atomic E-state index is 0.452. The van der Waals surface area contributed by atoms with Gasteiger partial charge in [0.25, 0.3) is 0 Å². The predicted molar refractivity (Wildman–Crippen MR) is 71.1 cm³/mol. The zero-order chi connectivity index (χ0) is 12.5. The lowest BCUT2D eigenvalue weighted by Gasteiger charge is -2.41. The Hall–Kier alpha value is -0.830. The molecule has 2 rings (SSSR count). The van der Waals surface area contributed by atoms with E-state index in [4.69, 9.17) is 0 Å². The highest BCUT2D eigenvalue weighted by molar-refractivity contribution is 5.01. The van der Waals surface area contributed by atoms with Crippen molar-refractivity contribution in [2.75, 3.05) is 7.05 Å². The van der Waals surface area contributed by atoms with E-state index >= 15 is 0 Å². The van der Waals surface area contributed by atoms with Crippen LogP contribution in [0.3, 0.4) is 0 Å². The Morgan fingerprint density at radius 2 is 2.29 bits per heavy atom. The van der Waals surface area contributed by atoms with Crippen LogP contribution >= 0.6 is 0 Å². The number of rotatable bonds is 3. The third-order valence-electron chi connectivity index (χ3n) is 4.15. The molecule has 3 heteroatoms. The molecule has 0 aromatic carbocycles. The molecule has 2 unspecified atom stereocenters. The quantitative estimate of drug-likeness (QED) is 0.873. The first kappa shape index (κ1) is 12.6. The lowest BCUT2D eigenvalue weighted by atomic mass is 9.73. The van der Waals surface area contributed by atoms with Crippen LogP contribution in [0.1, 0.15) is 51.9 Å². The summed E-state index contributed by atoms with van der Waals surface area (Å²) in [4.78, 5) is 4.46. The number of hydrogen-bond donors (Lipinski definition) is 1. The number of imidazole rings is 1. The summed E-state index contributed by atoms with van der Waals surface area (Å²) in [6, 6.07) is 1.14. The maximum absolute atomic E-state index is 4.46. The van der Waals surface area contributed by atoms with Gasteiger partial charge in [-0.3, -0.25) is 0 Å². The first-order chi connectivity index (χ1) is 8.07. The fourth-order valence-electron chi connectivity index (χ4n) is 3.10. The molecule has 1 aliphatic rings. The average molecular weight is 235 g/mol. The zero-order valence-corrected chi connectivity index (χ0v) is 11.5. The molecule has 1 aromatic heterocycles. The maximum Gasteiger partial charge on any atom is 0.108 e. The molecule has 1 saturated carbocycles. The zero-order valence-electron chi connectivity index (χ0n) is 11.5. The molecule has 0 saturated heterocycles. The second-order valence-electron chi connectivity index (χ2n) is 5.97. The van der Waals surface area contributed by atoms with Crippen LogP contribution in [0.15, 0.2) is 12.4 Å². The summed E-state index contributed by atoms with van der Waals surface area (Å²) in [7, 11) is 2.08. The summed E-state index contributed by atoms with van der Waals surface area (Å²) in [5, 5.41) is 3.48. The van der Waals surface area contributed by atoms with Gasteiger partial charge in [0.1, 0.15) is 5.82 Å². The number of likely N-dealkylation sites (N-methyl/N-ethyl adjacent to an activating group) is 1. The van der Waals surface area contributed by atoms with E-state index in [9.17, 15) is 0 Å². The predicted octanol–water partition coefficient (Wildman–Crippen LogP) is 2.78. The molecule has 96 valence electrons. The molecular weight excluding hydrogens is 210 g/mol. The van der Waals surface area contributed by atoms with Gasteiger partial charge in [-0.25, -0.2) is 4.98 Å². The van der Waals surface area contributed by atoms with Crippen molar-refractivity contribution in [3.05, 3.63) is 18.2 Å². The highest BCUT2D eigenvalue weighted by Crippen LogP contribution is 2.41. The van der Waals surface area contributed by atoms with Crippen molar-refractivity contribution in [2.24, 2.45) is 5.41 Å². The van der Waals surface area contributed by atoms with Gasteiger partial charge < -0.3 is 9.88 Å². The summed E-state index contributed by atoms with van der Waals surface area (Å²) in [6.07, 6.45) is 8.91. The number of aryl methyl sites for hydroxylation is 1. The normalized spacial score (nSPS) is 28.2. The molecule has 17 heavy (non-hydrogen) atoms. The van der Waals surface area contributed by atoms with E-state index in [0.29, 0.717) is 17.5 Å². The lowest BCUT2D eigenvalue weighted by Crippen LogP contribution is -2.42. The standard InChI is InChI=1S/C14H25N3/c1-5-13-16-8-9-17(13)12-10-14(2,3)7-6-11(12)15-4/h8-9,11-12,15H,5-7,10H2,1-4H3. The van der Waals surface area contributed by atoms with Crippen molar-refractivity contribution in [1.29, 1.82) is 0 Å². The largest absolute Gasteiger partial charge is 0.330 e. The van der Waals surface area contributed by atoms with Gasteiger partial charge in [0.15, 0.2) is 0 Å². The van der Waals surface area contributed by atoms with Gasteiger partial charge in [0.2, 0.25) is 0 Å². The van der Waals surface area contributed by atoms with E-state index in [1.807, 2.05) is 6.20 Å². The molecule has 2 atom stereocenters. The van der Waals surface area contributed by atoms with Crippen LogP contribution in [0.4, 0.5) is 0 Å². The molecule has 0 bridgehead atoms. The monoisotopic (exact) mass is 235 g/mol. The van der Waals surface area contributed by atoms with Crippen LogP contribution in [0.2, 0.25) is 0 Å². The SMILES string of the molecule is CCc1nccn1C1CC(C)(C)CCC1NC. The van der Waals surface area contributed by atoms with E-state index in [1.165, 1.54) is 25.1 Å². The van der Waals surface area contributed by atoms with Crippen LogP contribution in [0, 0.1) is 5.41 Å². The van der Waals surface area contributed by atoms with E-state index in [2.05, 4.69) is 48.9 Å². The molecule has 1 fully saturated rings. The van der Waals surface area contributed by atoms with Crippen molar-refractivity contribution in [2.45, 2.75) is 58.5 Å². The van der Waals surface area contributed by atoms with Crippen LogP contribution < -0.4 is 5.32 Å². The number of aromatic nitrogens is 2. The molecule has 1 N–H and O–H groups in total. The fraction of sp³-hybridized carbons (Fsp3) is 0.786. The molecule has 0 amide bonds. The molecule has 0 radical (unpaired) electrons. The van der Waals surface area contributed by atoms with Gasteiger partial charge in [0, 0.05) is 24.9 Å². The van der Waals surface area contributed by atoms with Gasteiger partial charge in [-0.15, -0.1) is 0 Å². The van der Waals surface area contributed by atoms with Gasteiger partial charge in [-0.1, -0.05) is 20.8 Å². The Labute approximate surface area is 105 Å². The Morgan fingerprint density at radius 1 is 1.53 bits per heavy atom. The smallest absolute Gasteiger partial charge is 0.108 e. The van der Waals surface area contributed by atoms with Crippen LogP contribution in [0.5, 0.6) is 0 Å². The molecule has 3 nitrogen and oxygen atoms in total. The topological polar surface area (TPSA) is 29.9 Å². The molecule has 0 spiro atoms. The third kappa shape index (κ3) is 2.54. The van der Waals surface area contributed by atoms with Crippen molar-refractivity contribution >= 4 is 0 Å². The van der Waals surface area contributed by atoms with E-state index in [-0.39, 0.29) is 0 Å². The Morgan fingerprint density at radius 3 is 2.94 bits per heavy atom. The molecule has 1 aromatic rings. The minimum atomic E-state index is 0.452. The second-order valence-corrected chi connectivity index (χ2v) is 5.97. The van der Waals surface area contributed by atoms with Crippen molar-refractivity contribution < 1.29 is 0 Å². The molecule has 1 heterocycles. The van der Waals surface area contributed by atoms with Gasteiger partial charge in [0.05, 0.1) is 6.04 Å². The molecule has 1 aliphatic carbocycles. The summed E-state index contributed by atoms with van der Waals surface area (Å²) in [5.74, 6) is 1.22. The first-order valence-electron chi connectivity index (χ1n) is 6.76. The van der Waals surface area contributed by atoms with E-state index < -0.39 is 0 Å². The van der Waals surface area contributed by atoms with Crippen molar-refractivity contribution in [1.82, 2.24) is 14.9 Å². The number of nitrogens with one attached hydrogen (secondary N) is 1. The van der Waals surface area contributed by atoms with Crippen LogP contribution in [0.25, 0.3) is 0 Å². The highest BCUT2D eigenvalue weighted by atomic mass is 15.1. The fourth-order valence-corrected chi connectivity index (χ4v) is 3.10. The first-order valence-corrected chi connectivity index (χ1v) is 6.76. The summed E-state index contributed by atoms with van der Waals surface area (Å²) < 4.78 is 2.39. The average Bonchev–Trinajstić information content (AvgIpc) is 2.75. The number of nitrogens with zero attached hydrogens (tertiary/aromatic N) is 2. The molecule has 0 aliphatic heterocycles. The third-order valence-corrected chi connectivity index (χ3v) is 4.15. The van der Waals surface area contributed by atoms with E-state index in [1.54, 1.807) is 0 Å². The van der Waals surface area contributed by atoms with E-state index in [0.717, 1.165) is 6.42 Å². The molecular formula is C14H25N3. The second kappa shape index (κ2) is 4.81. The van der Waals surface area contributed by atoms with Gasteiger partial charge >= 0.3 is 0 Å². The van der Waals surface area contributed by atoms with Crippen molar-refractivity contribution in [3.8, 4) is 0 Å². The summed E-state index contributed by atoms with van der Waals surface area (Å²) in [6.45, 7) is 6.95. The highest BCUT2D eigenvalue weighted by Gasteiger charge is 2.35. The van der Waals surface area contributed by atoms with Gasteiger partial charge in [-0.05, 0) is 31.7 Å². The van der Waals surface area contributed by atoms with Gasteiger partial charge in [-0.2, -0.15) is 0 Å². The van der Waals surface area contributed by atoms with Crippen LogP contribution in [-0.2, 0) is 6.42 Å².